The van der Waals surface area contributed by atoms with E-state index in [0.717, 1.165) is 11.4 Å². The van der Waals surface area contributed by atoms with E-state index in [-0.39, 0.29) is 0 Å². The van der Waals surface area contributed by atoms with E-state index < -0.39 is 0 Å². The van der Waals surface area contributed by atoms with Gasteiger partial charge in [-0.2, -0.15) is 0 Å². The molecule has 0 spiro atoms. The van der Waals surface area contributed by atoms with Gasteiger partial charge in [-0.1, -0.05) is 224 Å². The van der Waals surface area contributed by atoms with Gasteiger partial charge in [0.1, 0.15) is 0 Å². The zero-order valence-electron chi connectivity index (χ0n) is 43.5. The topological polar surface area (TPSA) is 22.8 Å². The molecule has 0 N–H and O–H groups in total. The number of aromatic nitrogens is 3. The molecule has 0 radical (unpaired) electrons. The van der Waals surface area contributed by atoms with E-state index in [2.05, 4.69) is 287 Å². The number of pyridine rings is 1. The van der Waals surface area contributed by atoms with Crippen molar-refractivity contribution in [2.24, 2.45) is 0 Å². The van der Waals surface area contributed by atoms with Crippen LogP contribution in [0.15, 0.2) is 285 Å². The van der Waals surface area contributed by atoms with Crippen LogP contribution < -0.4 is 0 Å². The highest BCUT2D eigenvalue weighted by Gasteiger charge is 2.24. The quantitative estimate of drug-likeness (QED) is 0.152. The van der Waals surface area contributed by atoms with Crippen LogP contribution in [0.5, 0.6) is 0 Å². The third-order valence-corrected chi connectivity index (χ3v) is 17.1. The molecule has 0 aliphatic rings. The third kappa shape index (κ3) is 6.52. The summed E-state index contributed by atoms with van der Waals surface area (Å²) in [4.78, 5) is 4.38. The first kappa shape index (κ1) is 44.5. The van der Waals surface area contributed by atoms with Crippen molar-refractivity contribution in [3.8, 4) is 55.9 Å². The average molecular weight is 1010 g/mol. The second-order valence-electron chi connectivity index (χ2n) is 21.3. The summed E-state index contributed by atoms with van der Waals surface area (Å²) in [7, 11) is 0. The Hall–Kier alpha value is -10.6. The molecular weight excluding hydrogens is 967 g/mol. The molecule has 0 amide bonds. The molecule has 3 aromatic heterocycles. The first-order valence-electron chi connectivity index (χ1n) is 27.6. The SMILES string of the molecule is c1ccc(-c2cc3c4ccccc4c4c(c5ccccc5n4-c4cccc(-c5ccc(-c6ccc(-c7cc8c9ccccc9c9c(c%10ccccc%10n9-c9ccncc9)c8c8ccccc78)cc6)cc5)c4)c3c3ccccc23)cc1. The predicted octanol–water partition coefficient (Wildman–Crippen LogP) is 20.9. The van der Waals surface area contributed by atoms with Crippen molar-refractivity contribution in [2.75, 3.05) is 0 Å². The Balaban J connectivity index is 0.769. The van der Waals surface area contributed by atoms with Crippen molar-refractivity contribution >= 4 is 108 Å². The molecule has 370 valence electrons. The van der Waals surface area contributed by atoms with Gasteiger partial charge in [0.25, 0.3) is 0 Å². The van der Waals surface area contributed by atoms with E-state index in [1.165, 1.54) is 153 Å². The van der Waals surface area contributed by atoms with E-state index in [0.29, 0.717) is 0 Å². The van der Waals surface area contributed by atoms with E-state index in [1.807, 2.05) is 12.4 Å². The van der Waals surface area contributed by atoms with Crippen LogP contribution in [0.3, 0.4) is 0 Å². The van der Waals surface area contributed by atoms with Gasteiger partial charge in [0, 0.05) is 66.9 Å². The number of nitrogens with zero attached hydrogens (tertiary/aromatic N) is 3. The molecule has 0 unspecified atom stereocenters. The maximum absolute atomic E-state index is 4.38. The summed E-state index contributed by atoms with van der Waals surface area (Å²) >= 11 is 0. The van der Waals surface area contributed by atoms with Crippen molar-refractivity contribution in [1.82, 2.24) is 14.1 Å². The number of hydrogen-bond donors (Lipinski definition) is 0. The normalized spacial score (nSPS) is 12.0. The van der Waals surface area contributed by atoms with Crippen molar-refractivity contribution in [1.29, 1.82) is 0 Å². The first-order chi connectivity index (χ1) is 39.7. The van der Waals surface area contributed by atoms with Crippen LogP contribution in [0.2, 0.25) is 0 Å². The van der Waals surface area contributed by atoms with Crippen LogP contribution in [-0.4, -0.2) is 14.1 Å². The van der Waals surface area contributed by atoms with Crippen LogP contribution in [-0.2, 0) is 0 Å². The fourth-order valence-electron chi connectivity index (χ4n) is 13.7. The molecular formula is C77H47N3. The summed E-state index contributed by atoms with van der Waals surface area (Å²) in [5.74, 6) is 0. The van der Waals surface area contributed by atoms with Gasteiger partial charge in [0.2, 0.25) is 0 Å². The first-order valence-corrected chi connectivity index (χ1v) is 27.6. The van der Waals surface area contributed by atoms with Gasteiger partial charge in [-0.3, -0.25) is 4.98 Å². The van der Waals surface area contributed by atoms with Crippen molar-refractivity contribution < 1.29 is 0 Å². The minimum Gasteiger partial charge on any atom is -0.309 e. The zero-order chi connectivity index (χ0) is 52.4. The van der Waals surface area contributed by atoms with Gasteiger partial charge < -0.3 is 9.13 Å². The second-order valence-corrected chi connectivity index (χ2v) is 21.3. The van der Waals surface area contributed by atoms with Gasteiger partial charge >= 0.3 is 0 Å². The maximum Gasteiger partial charge on any atom is 0.0626 e. The van der Waals surface area contributed by atoms with Crippen LogP contribution in [0.1, 0.15) is 0 Å². The Bertz CT molecular complexity index is 5380. The van der Waals surface area contributed by atoms with Crippen LogP contribution in [0.4, 0.5) is 0 Å². The molecule has 3 heteroatoms. The molecule has 17 rings (SSSR count). The van der Waals surface area contributed by atoms with Crippen LogP contribution in [0.25, 0.3) is 164 Å². The van der Waals surface area contributed by atoms with E-state index in [4.69, 9.17) is 0 Å². The lowest BCUT2D eigenvalue weighted by atomic mass is 9.88. The Labute approximate surface area is 461 Å². The van der Waals surface area contributed by atoms with E-state index in [1.54, 1.807) is 0 Å². The average Bonchev–Trinajstić information content (AvgIpc) is 4.25. The largest absolute Gasteiger partial charge is 0.309 e. The molecule has 14 aromatic carbocycles. The predicted molar refractivity (Wildman–Crippen MR) is 340 cm³/mol. The van der Waals surface area contributed by atoms with Gasteiger partial charge in [0.05, 0.1) is 22.1 Å². The smallest absolute Gasteiger partial charge is 0.0626 e. The lowest BCUT2D eigenvalue weighted by molar-refractivity contribution is 1.16. The number of benzene rings is 14. The minimum atomic E-state index is 1.10. The molecule has 0 atom stereocenters. The molecule has 0 aliphatic heterocycles. The summed E-state index contributed by atoms with van der Waals surface area (Å²) in [6, 6.07) is 101. The Morgan fingerprint density at radius 1 is 0.212 bits per heavy atom. The van der Waals surface area contributed by atoms with E-state index >= 15 is 0 Å². The van der Waals surface area contributed by atoms with Gasteiger partial charge in [-0.25, -0.2) is 0 Å². The molecule has 80 heavy (non-hydrogen) atoms. The summed E-state index contributed by atoms with van der Waals surface area (Å²) in [6.07, 6.45) is 3.78. The lowest BCUT2D eigenvalue weighted by Crippen LogP contribution is -1.96. The standard InChI is InChI=1S/C77H47N3/c1-2-17-51(18-3-1)66-46-68-59-24-7-11-28-63(59)77-75(73(68)60-25-8-4-21-56(60)66)65-30-13-15-32-71(65)80(77)55-20-16-19-53(45-55)50-35-33-48(34-36-50)49-37-39-52(40-38-49)67-47-69-58-23-6-10-27-62(58)76-74(72(69)61-26-9-5-22-57(61)67)64-29-12-14-31-70(64)79(76)54-41-43-78-44-42-54/h1-47H. The Morgan fingerprint density at radius 2 is 0.588 bits per heavy atom. The Kier molecular flexibility index (Phi) is 9.71. The number of hydrogen-bond acceptors (Lipinski definition) is 1. The number of rotatable bonds is 6. The highest BCUT2D eigenvalue weighted by molar-refractivity contribution is 6.39. The van der Waals surface area contributed by atoms with Gasteiger partial charge in [-0.15, -0.1) is 0 Å². The molecule has 0 saturated heterocycles. The molecule has 0 saturated carbocycles. The lowest BCUT2D eigenvalue weighted by Gasteiger charge is -2.16. The minimum absolute atomic E-state index is 1.10. The summed E-state index contributed by atoms with van der Waals surface area (Å²) < 4.78 is 4.94. The zero-order valence-corrected chi connectivity index (χ0v) is 43.5. The van der Waals surface area contributed by atoms with Crippen LogP contribution >= 0.6 is 0 Å². The molecule has 3 nitrogen and oxygen atoms in total. The third-order valence-electron chi connectivity index (χ3n) is 17.1. The molecule has 0 fully saturated rings. The van der Waals surface area contributed by atoms with Gasteiger partial charge in [-0.05, 0) is 136 Å². The molecule has 0 bridgehead atoms. The summed E-state index contributed by atoms with van der Waals surface area (Å²) in [5.41, 5.74) is 16.7. The summed E-state index contributed by atoms with van der Waals surface area (Å²) in [6.45, 7) is 0. The highest BCUT2D eigenvalue weighted by atomic mass is 15.0. The van der Waals surface area contributed by atoms with Crippen LogP contribution in [0, 0.1) is 0 Å². The number of fused-ring (bicyclic) bond motifs is 20. The second kappa shape index (κ2) is 17.5. The van der Waals surface area contributed by atoms with Crippen molar-refractivity contribution in [3.63, 3.8) is 0 Å². The maximum atomic E-state index is 4.38. The fraction of sp³-hybridized carbons (Fsp3) is 0. The van der Waals surface area contributed by atoms with E-state index in [9.17, 15) is 0 Å². The van der Waals surface area contributed by atoms with Crippen molar-refractivity contribution in [2.45, 2.75) is 0 Å². The van der Waals surface area contributed by atoms with Crippen molar-refractivity contribution in [3.05, 3.63) is 285 Å². The molecule has 0 aliphatic carbocycles. The number of para-hydroxylation sites is 2. The monoisotopic (exact) mass is 1010 g/mol. The fourth-order valence-corrected chi connectivity index (χ4v) is 13.7. The molecule has 17 aromatic rings. The molecule has 3 heterocycles. The summed E-state index contributed by atoms with van der Waals surface area (Å²) in [5, 5.41) is 20.2. The highest BCUT2D eigenvalue weighted by Crippen LogP contribution is 2.49. The van der Waals surface area contributed by atoms with Gasteiger partial charge in [0.15, 0.2) is 0 Å². The Morgan fingerprint density at radius 3 is 1.10 bits per heavy atom.